The first-order valence-electron chi connectivity index (χ1n) is 11.9. The van der Waals surface area contributed by atoms with Crippen molar-refractivity contribution in [3.8, 4) is 34.3 Å². The van der Waals surface area contributed by atoms with Crippen LogP contribution in [0.1, 0.15) is 0 Å². The Morgan fingerprint density at radius 3 is 2.37 bits per heavy atom. The third kappa shape index (κ3) is 4.29. The first-order chi connectivity index (χ1) is 18.3. The fourth-order valence-electron chi connectivity index (χ4n) is 4.53. The first kappa shape index (κ1) is 23.8. The van der Waals surface area contributed by atoms with Gasteiger partial charge in [-0.05, 0) is 29.3 Å². The smallest absolute Gasteiger partial charge is 0.509 e. The van der Waals surface area contributed by atoms with E-state index in [0.717, 1.165) is 44.6 Å². The van der Waals surface area contributed by atoms with Crippen LogP contribution < -0.4 is 4.74 Å². The minimum atomic E-state index is 0. The molecule has 3 heterocycles. The number of para-hydroxylation sites is 1. The molecule has 0 aliphatic rings. The molecular weight excluding hydrogens is 653 g/mol. The van der Waals surface area contributed by atoms with Gasteiger partial charge in [-0.1, -0.05) is 65.3 Å². The monoisotopic (exact) mass is 672 g/mol. The van der Waals surface area contributed by atoms with Crippen LogP contribution in [0.3, 0.4) is 0 Å². The number of rotatable bonds is 5. The number of benzene rings is 4. The van der Waals surface area contributed by atoms with Crippen LogP contribution in [0.4, 0.5) is 0 Å². The zero-order valence-electron chi connectivity index (χ0n) is 19.9. The molecule has 0 bridgehead atoms. The zero-order chi connectivity index (χ0) is 24.6. The van der Waals surface area contributed by atoms with Crippen molar-refractivity contribution < 1.29 is 25.8 Å². The fourth-order valence-corrected chi connectivity index (χ4v) is 4.53. The van der Waals surface area contributed by atoms with Gasteiger partial charge in [0, 0.05) is 28.8 Å². The number of hydrogen-bond acceptors (Lipinski definition) is 4. The van der Waals surface area contributed by atoms with Crippen molar-refractivity contribution in [2.45, 2.75) is 0 Å². The second kappa shape index (κ2) is 10.1. The summed E-state index contributed by atoms with van der Waals surface area (Å²) in [5.74, 6) is 1.98. The summed E-state index contributed by atoms with van der Waals surface area (Å²) in [6, 6.07) is 40.6. The van der Waals surface area contributed by atoms with E-state index in [9.17, 15) is 0 Å². The fraction of sp³-hybridized carbons (Fsp3) is 0. The van der Waals surface area contributed by atoms with Crippen molar-refractivity contribution >= 4 is 21.8 Å². The predicted octanol–water partition coefficient (Wildman–Crippen LogP) is 6.82. The number of pyridine rings is 1. The molecule has 184 valence electrons. The Morgan fingerprint density at radius 2 is 1.50 bits per heavy atom. The molecule has 7 aromatic rings. The largest absolute Gasteiger partial charge is 2.00 e. The van der Waals surface area contributed by atoms with E-state index < -0.39 is 0 Å². The number of ether oxygens (including phenoxy) is 1. The van der Waals surface area contributed by atoms with Gasteiger partial charge in [0.15, 0.2) is 0 Å². The van der Waals surface area contributed by atoms with Crippen LogP contribution in [0.15, 0.2) is 116 Å². The SMILES string of the molecule is [Pt+2].[c-]1c(Oc2[c-]c3c(cc2)c2ccccc2n3-c2ccccn2)cccc1-n1cc(-c2ccccc2)nn1. The van der Waals surface area contributed by atoms with Crippen molar-refractivity contribution in [1.82, 2.24) is 24.5 Å². The molecule has 7 heteroatoms. The minimum Gasteiger partial charge on any atom is -0.509 e. The van der Waals surface area contributed by atoms with E-state index in [2.05, 4.69) is 50.2 Å². The summed E-state index contributed by atoms with van der Waals surface area (Å²) in [5, 5.41) is 10.8. The third-order valence-electron chi connectivity index (χ3n) is 6.22. The van der Waals surface area contributed by atoms with Gasteiger partial charge in [-0.25, -0.2) is 9.67 Å². The minimum absolute atomic E-state index is 0. The maximum absolute atomic E-state index is 6.22. The van der Waals surface area contributed by atoms with Crippen molar-refractivity contribution in [3.63, 3.8) is 0 Å². The van der Waals surface area contributed by atoms with Gasteiger partial charge in [-0.3, -0.25) is 0 Å². The van der Waals surface area contributed by atoms with E-state index in [4.69, 9.17) is 4.74 Å². The Balaban J connectivity index is 0.00000264. The molecule has 0 unspecified atom stereocenters. The molecule has 7 rings (SSSR count). The summed E-state index contributed by atoms with van der Waals surface area (Å²) in [7, 11) is 0. The zero-order valence-corrected chi connectivity index (χ0v) is 22.2. The summed E-state index contributed by atoms with van der Waals surface area (Å²) in [6.07, 6.45) is 3.68. The van der Waals surface area contributed by atoms with E-state index in [0.29, 0.717) is 11.5 Å². The molecule has 0 saturated heterocycles. The maximum atomic E-state index is 6.22. The molecule has 0 atom stereocenters. The Hall–Kier alpha value is -4.54. The Morgan fingerprint density at radius 1 is 0.684 bits per heavy atom. The van der Waals surface area contributed by atoms with Crippen molar-refractivity contribution in [1.29, 1.82) is 0 Å². The van der Waals surface area contributed by atoms with E-state index in [1.165, 1.54) is 0 Å². The van der Waals surface area contributed by atoms with Crippen molar-refractivity contribution in [3.05, 3.63) is 128 Å². The Labute approximate surface area is 233 Å². The van der Waals surface area contributed by atoms with Gasteiger partial charge in [0.25, 0.3) is 0 Å². The molecule has 4 aromatic carbocycles. The van der Waals surface area contributed by atoms with Gasteiger partial charge < -0.3 is 9.30 Å². The molecule has 38 heavy (non-hydrogen) atoms. The molecule has 0 amide bonds. The van der Waals surface area contributed by atoms with E-state index >= 15 is 0 Å². The Kier molecular flexibility index (Phi) is 6.32. The summed E-state index contributed by atoms with van der Waals surface area (Å²) in [4.78, 5) is 4.58. The number of aromatic nitrogens is 5. The van der Waals surface area contributed by atoms with E-state index in [-0.39, 0.29) is 21.1 Å². The summed E-state index contributed by atoms with van der Waals surface area (Å²) < 4.78 is 10.0. The number of nitrogens with zero attached hydrogens (tertiary/aromatic N) is 5. The standard InChI is InChI=1S/C31H19N5O.Pt/c1-2-9-22(10-3-1)28-21-35(34-33-28)23-11-8-12-24(19-23)37-25-16-17-27-26-13-4-5-14-29(26)36(30(27)20-25)31-15-6-7-18-32-31;/h1-18,21H;/q-2;+2. The van der Waals surface area contributed by atoms with E-state index in [1.807, 2.05) is 91.1 Å². The van der Waals surface area contributed by atoms with Crippen molar-refractivity contribution in [2.75, 3.05) is 0 Å². The summed E-state index contributed by atoms with van der Waals surface area (Å²) in [6.45, 7) is 0. The van der Waals surface area contributed by atoms with Crippen LogP contribution in [-0.2, 0) is 21.1 Å². The first-order valence-corrected chi connectivity index (χ1v) is 11.9. The van der Waals surface area contributed by atoms with Crippen LogP contribution in [0.5, 0.6) is 11.5 Å². The van der Waals surface area contributed by atoms with Crippen LogP contribution in [0.2, 0.25) is 0 Å². The van der Waals surface area contributed by atoms with Gasteiger partial charge in [-0.2, -0.15) is 12.1 Å². The van der Waals surface area contributed by atoms with Crippen LogP contribution >= 0.6 is 0 Å². The molecule has 0 aliphatic carbocycles. The number of fused-ring (bicyclic) bond motifs is 3. The number of hydrogen-bond donors (Lipinski definition) is 0. The van der Waals surface area contributed by atoms with Crippen LogP contribution in [0, 0.1) is 12.1 Å². The van der Waals surface area contributed by atoms with Gasteiger partial charge in [0.1, 0.15) is 11.5 Å². The molecule has 0 N–H and O–H groups in total. The van der Waals surface area contributed by atoms with E-state index in [1.54, 1.807) is 10.9 Å². The van der Waals surface area contributed by atoms with Gasteiger partial charge in [0.05, 0.1) is 6.20 Å². The normalized spacial score (nSPS) is 10.9. The van der Waals surface area contributed by atoms with Crippen molar-refractivity contribution in [2.24, 2.45) is 0 Å². The Bertz CT molecular complexity index is 1860. The summed E-state index contributed by atoms with van der Waals surface area (Å²) >= 11 is 0. The van der Waals surface area contributed by atoms with Crippen LogP contribution in [-0.4, -0.2) is 24.5 Å². The molecule has 0 radical (unpaired) electrons. The molecule has 0 fully saturated rings. The second-order valence-electron chi connectivity index (χ2n) is 8.54. The molecule has 3 aromatic heterocycles. The van der Waals surface area contributed by atoms with Gasteiger partial charge >= 0.3 is 21.1 Å². The average molecular weight is 673 g/mol. The molecule has 0 aliphatic heterocycles. The van der Waals surface area contributed by atoms with Crippen LogP contribution in [0.25, 0.3) is 44.6 Å². The third-order valence-corrected chi connectivity index (χ3v) is 6.22. The molecule has 6 nitrogen and oxygen atoms in total. The maximum Gasteiger partial charge on any atom is 2.00 e. The molecule has 0 saturated carbocycles. The topological polar surface area (TPSA) is 57.8 Å². The molecular formula is C31H19N5OPt. The quantitative estimate of drug-likeness (QED) is 0.189. The average Bonchev–Trinajstić information content (AvgIpc) is 3.58. The molecule has 0 spiro atoms. The second-order valence-corrected chi connectivity index (χ2v) is 8.54. The summed E-state index contributed by atoms with van der Waals surface area (Å²) in [5.41, 5.74) is 4.50. The predicted molar refractivity (Wildman–Crippen MR) is 143 cm³/mol. The van der Waals surface area contributed by atoms with Gasteiger partial charge in [0.2, 0.25) is 0 Å². The van der Waals surface area contributed by atoms with Gasteiger partial charge in [-0.15, -0.1) is 40.8 Å².